The van der Waals surface area contributed by atoms with Crippen LogP contribution >= 0.6 is 0 Å². The van der Waals surface area contributed by atoms with Gasteiger partial charge in [0.25, 0.3) is 5.91 Å². The summed E-state index contributed by atoms with van der Waals surface area (Å²) in [5.74, 6) is 0.350. The third kappa shape index (κ3) is 3.24. The number of hydrogen-bond donors (Lipinski definition) is 3. The summed E-state index contributed by atoms with van der Waals surface area (Å²) < 4.78 is 0. The Hall–Kier alpha value is -2.14. The lowest BCUT2D eigenvalue weighted by atomic mass is 9.92. The Bertz CT molecular complexity index is 593. The van der Waals surface area contributed by atoms with E-state index in [-0.39, 0.29) is 11.3 Å². The molecule has 0 saturated carbocycles. The van der Waals surface area contributed by atoms with Crippen molar-refractivity contribution in [1.82, 2.24) is 10.2 Å². The molecule has 20 heavy (non-hydrogen) atoms. The van der Waals surface area contributed by atoms with Crippen molar-refractivity contribution in [2.24, 2.45) is 5.73 Å². The molecule has 5 nitrogen and oxygen atoms in total. The van der Waals surface area contributed by atoms with Crippen LogP contribution < -0.4 is 11.1 Å². The Kier molecular flexibility index (Phi) is 3.90. The lowest BCUT2D eigenvalue weighted by Crippen LogP contribution is -2.12. The number of benzene rings is 1. The van der Waals surface area contributed by atoms with Gasteiger partial charge in [0.15, 0.2) is 5.82 Å². The Morgan fingerprint density at radius 3 is 2.45 bits per heavy atom. The molecule has 0 aliphatic rings. The summed E-state index contributed by atoms with van der Waals surface area (Å²) in [6.45, 7) is 6.71. The van der Waals surface area contributed by atoms with E-state index in [0.717, 1.165) is 11.3 Å². The predicted molar refractivity (Wildman–Crippen MR) is 79.6 cm³/mol. The van der Waals surface area contributed by atoms with E-state index in [1.807, 2.05) is 18.2 Å². The van der Waals surface area contributed by atoms with Crippen LogP contribution in [0.15, 0.2) is 30.3 Å². The van der Waals surface area contributed by atoms with Crippen LogP contribution in [-0.2, 0) is 12.0 Å². The van der Waals surface area contributed by atoms with E-state index >= 15 is 0 Å². The summed E-state index contributed by atoms with van der Waals surface area (Å²) in [7, 11) is 0. The van der Waals surface area contributed by atoms with Crippen LogP contribution in [0.2, 0.25) is 0 Å². The molecule has 0 atom stereocenters. The second-order valence-corrected chi connectivity index (χ2v) is 5.77. The Morgan fingerprint density at radius 2 is 1.95 bits per heavy atom. The van der Waals surface area contributed by atoms with E-state index in [0.29, 0.717) is 17.9 Å². The number of nitrogens with two attached hydrogens (primary N) is 1. The van der Waals surface area contributed by atoms with Gasteiger partial charge in [-0.25, -0.2) is 0 Å². The van der Waals surface area contributed by atoms with Crippen LogP contribution in [0.4, 0.5) is 5.82 Å². The molecule has 4 N–H and O–H groups in total. The SMILES string of the molecule is CC(C)(C)c1cc(NC(=O)c2ccc(CN)cc2)n[nH]1. The minimum Gasteiger partial charge on any atom is -0.326 e. The zero-order valence-corrected chi connectivity index (χ0v) is 12.0. The fourth-order valence-electron chi connectivity index (χ4n) is 1.75. The van der Waals surface area contributed by atoms with Gasteiger partial charge < -0.3 is 11.1 Å². The fraction of sp³-hybridized carbons (Fsp3) is 0.333. The minimum atomic E-state index is -0.180. The normalized spacial score (nSPS) is 11.4. The molecule has 0 saturated heterocycles. The molecule has 2 rings (SSSR count). The van der Waals surface area contributed by atoms with Crippen molar-refractivity contribution in [1.29, 1.82) is 0 Å². The van der Waals surface area contributed by atoms with Crippen molar-refractivity contribution in [3.05, 3.63) is 47.2 Å². The zero-order valence-electron chi connectivity index (χ0n) is 12.0. The number of H-pyrrole nitrogens is 1. The molecule has 5 heteroatoms. The number of anilines is 1. The first-order valence-corrected chi connectivity index (χ1v) is 6.56. The van der Waals surface area contributed by atoms with Gasteiger partial charge in [-0.2, -0.15) is 5.10 Å². The first kappa shape index (κ1) is 14.3. The highest BCUT2D eigenvalue weighted by molar-refractivity contribution is 6.03. The van der Waals surface area contributed by atoms with E-state index in [1.54, 1.807) is 12.1 Å². The van der Waals surface area contributed by atoms with Crippen LogP contribution in [0.25, 0.3) is 0 Å². The summed E-state index contributed by atoms with van der Waals surface area (Å²) >= 11 is 0. The molecule has 1 amide bonds. The van der Waals surface area contributed by atoms with E-state index in [2.05, 4.69) is 36.3 Å². The van der Waals surface area contributed by atoms with Crippen molar-refractivity contribution in [3.63, 3.8) is 0 Å². The van der Waals surface area contributed by atoms with Gasteiger partial charge in [-0.1, -0.05) is 32.9 Å². The third-order valence-corrected chi connectivity index (χ3v) is 3.08. The van der Waals surface area contributed by atoms with E-state index in [9.17, 15) is 4.79 Å². The summed E-state index contributed by atoms with van der Waals surface area (Å²) in [6.07, 6.45) is 0. The molecule has 1 aromatic heterocycles. The highest BCUT2D eigenvalue weighted by Crippen LogP contribution is 2.22. The number of carbonyl (C=O) groups excluding carboxylic acids is 1. The van der Waals surface area contributed by atoms with Gasteiger partial charge in [0, 0.05) is 29.3 Å². The van der Waals surface area contributed by atoms with Gasteiger partial charge in [0.2, 0.25) is 0 Å². The highest BCUT2D eigenvalue weighted by atomic mass is 16.1. The molecule has 0 unspecified atom stereocenters. The zero-order chi connectivity index (χ0) is 14.8. The molecule has 0 aliphatic carbocycles. The Labute approximate surface area is 118 Å². The van der Waals surface area contributed by atoms with Gasteiger partial charge in [-0.05, 0) is 17.7 Å². The van der Waals surface area contributed by atoms with Gasteiger partial charge >= 0.3 is 0 Å². The summed E-state index contributed by atoms with van der Waals surface area (Å²) in [4.78, 5) is 12.1. The smallest absolute Gasteiger partial charge is 0.256 e. The van der Waals surface area contributed by atoms with Gasteiger partial charge in [0.1, 0.15) is 0 Å². The minimum absolute atomic E-state index is 0.0290. The van der Waals surface area contributed by atoms with Gasteiger partial charge in [0.05, 0.1) is 0 Å². The quantitative estimate of drug-likeness (QED) is 0.802. The number of nitrogens with zero attached hydrogens (tertiary/aromatic N) is 1. The molecule has 0 radical (unpaired) electrons. The molecule has 2 aromatic rings. The maximum absolute atomic E-state index is 12.1. The number of aromatic amines is 1. The lowest BCUT2D eigenvalue weighted by molar-refractivity contribution is 0.102. The average Bonchev–Trinajstić information content (AvgIpc) is 2.87. The maximum Gasteiger partial charge on any atom is 0.256 e. The number of hydrogen-bond acceptors (Lipinski definition) is 3. The van der Waals surface area contributed by atoms with Crippen molar-refractivity contribution >= 4 is 11.7 Å². The Balaban J connectivity index is 2.09. The van der Waals surface area contributed by atoms with Crippen molar-refractivity contribution in [2.45, 2.75) is 32.7 Å². The van der Waals surface area contributed by atoms with Crippen LogP contribution in [0.3, 0.4) is 0 Å². The second kappa shape index (κ2) is 5.46. The van der Waals surface area contributed by atoms with Gasteiger partial charge in [-0.3, -0.25) is 9.89 Å². The van der Waals surface area contributed by atoms with E-state index in [4.69, 9.17) is 5.73 Å². The van der Waals surface area contributed by atoms with Crippen LogP contribution in [-0.4, -0.2) is 16.1 Å². The summed E-state index contributed by atoms with van der Waals surface area (Å²) in [5, 5.41) is 9.82. The molecule has 0 fully saturated rings. The number of carbonyl (C=O) groups is 1. The molecular weight excluding hydrogens is 252 g/mol. The standard InChI is InChI=1S/C15H20N4O/c1-15(2,3)12-8-13(19-18-12)17-14(20)11-6-4-10(9-16)5-7-11/h4-8H,9,16H2,1-3H3,(H2,17,18,19,20). The summed E-state index contributed by atoms with van der Waals surface area (Å²) in [6, 6.07) is 9.07. The number of amides is 1. The molecule has 0 bridgehead atoms. The largest absolute Gasteiger partial charge is 0.326 e. The van der Waals surface area contributed by atoms with E-state index < -0.39 is 0 Å². The number of aromatic nitrogens is 2. The number of nitrogens with one attached hydrogen (secondary N) is 2. The molecule has 1 heterocycles. The molecule has 0 spiro atoms. The van der Waals surface area contributed by atoms with Crippen molar-refractivity contribution < 1.29 is 4.79 Å². The lowest BCUT2D eigenvalue weighted by Gasteiger charge is -2.14. The second-order valence-electron chi connectivity index (χ2n) is 5.77. The van der Waals surface area contributed by atoms with Crippen molar-refractivity contribution in [3.8, 4) is 0 Å². The fourth-order valence-corrected chi connectivity index (χ4v) is 1.75. The maximum atomic E-state index is 12.1. The first-order valence-electron chi connectivity index (χ1n) is 6.56. The van der Waals surface area contributed by atoms with Gasteiger partial charge in [-0.15, -0.1) is 0 Å². The van der Waals surface area contributed by atoms with Crippen LogP contribution in [0.1, 0.15) is 42.4 Å². The molecule has 0 aliphatic heterocycles. The first-order chi connectivity index (χ1) is 9.40. The van der Waals surface area contributed by atoms with Crippen LogP contribution in [0.5, 0.6) is 0 Å². The molecular formula is C15H20N4O. The predicted octanol–water partition coefficient (Wildman–Crippen LogP) is 2.42. The topological polar surface area (TPSA) is 83.8 Å². The van der Waals surface area contributed by atoms with Crippen LogP contribution in [0, 0.1) is 0 Å². The summed E-state index contributed by atoms with van der Waals surface area (Å²) in [5.41, 5.74) is 8.06. The third-order valence-electron chi connectivity index (χ3n) is 3.08. The highest BCUT2D eigenvalue weighted by Gasteiger charge is 2.17. The van der Waals surface area contributed by atoms with E-state index in [1.165, 1.54) is 0 Å². The average molecular weight is 272 g/mol. The molecule has 1 aromatic carbocycles. The monoisotopic (exact) mass is 272 g/mol. The molecule has 106 valence electrons. The number of rotatable bonds is 3. The Morgan fingerprint density at radius 1 is 1.30 bits per heavy atom. The van der Waals surface area contributed by atoms with Crippen molar-refractivity contribution in [2.75, 3.05) is 5.32 Å².